The summed E-state index contributed by atoms with van der Waals surface area (Å²) < 4.78 is 0. The highest BCUT2D eigenvalue weighted by Gasteiger charge is 1.67. The molecule has 0 amide bonds. The molecule has 0 heterocycles. The first-order valence-electron chi connectivity index (χ1n) is 5.45. The summed E-state index contributed by atoms with van der Waals surface area (Å²) in [5, 5.41) is 37.1. The fourth-order valence-electron chi connectivity index (χ4n) is 0. The number of carbonyl (C=O) groups excluding carboxylic acids is 1. The predicted octanol–water partition coefficient (Wildman–Crippen LogP) is 0.660. The van der Waals surface area contributed by atoms with Gasteiger partial charge in [-0.2, -0.15) is 0 Å². The quantitative estimate of drug-likeness (QED) is 0.386. The molecule has 0 aromatic rings. The second-order valence-electron chi connectivity index (χ2n) is 2.83. The van der Waals surface area contributed by atoms with Gasteiger partial charge in [-0.1, -0.05) is 0 Å². The number of aldehydes is 1. The number of carboxylic acid groups (broad SMARTS) is 5. The van der Waals surface area contributed by atoms with Gasteiger partial charge in [-0.25, -0.2) is 0 Å². The summed E-state index contributed by atoms with van der Waals surface area (Å²) in [5.41, 5.74) is 0. The second-order valence-corrected chi connectivity index (χ2v) is 2.83. The van der Waals surface area contributed by atoms with Crippen LogP contribution in [-0.4, -0.2) is 61.7 Å². The highest BCUT2D eigenvalue weighted by atomic mass is 16.4. The van der Waals surface area contributed by atoms with Crippen molar-refractivity contribution >= 4 is 36.1 Å². The molecule has 0 saturated carbocycles. The molecule has 5 N–H and O–H groups in total. The first-order chi connectivity index (χ1) is 10.1. The van der Waals surface area contributed by atoms with Crippen LogP contribution in [0.25, 0.3) is 0 Å². The van der Waals surface area contributed by atoms with Crippen LogP contribution in [0, 0.1) is 0 Å². The Bertz CT molecular complexity index is 244. The lowest BCUT2D eigenvalue weighted by Gasteiger charge is -1.59. The Labute approximate surface area is 133 Å². The molecule has 0 aromatic heterocycles. The smallest absolute Gasteiger partial charge is 0.300 e. The summed E-state index contributed by atoms with van der Waals surface area (Å²) >= 11 is 0. The average Bonchev–Trinajstić information content (AvgIpc) is 2.11. The van der Waals surface area contributed by atoms with Crippen LogP contribution in [0.3, 0.4) is 0 Å². The number of hydrogen-bond donors (Lipinski definition) is 5. The maximum absolute atomic E-state index is 9.00. The largest absolute Gasteiger partial charge is 0.481 e. The molecule has 0 saturated heterocycles. The van der Waals surface area contributed by atoms with E-state index in [2.05, 4.69) is 0 Å². The highest BCUT2D eigenvalue weighted by Crippen LogP contribution is 1.43. The van der Waals surface area contributed by atoms with E-state index in [9.17, 15) is 0 Å². The van der Waals surface area contributed by atoms with Crippen molar-refractivity contribution in [3.63, 3.8) is 0 Å². The lowest BCUT2D eigenvalue weighted by atomic mass is 10.9. The maximum atomic E-state index is 9.00. The van der Waals surface area contributed by atoms with Gasteiger partial charge < -0.3 is 30.3 Å². The van der Waals surface area contributed by atoms with Crippen LogP contribution in [0.5, 0.6) is 0 Å². The van der Waals surface area contributed by atoms with E-state index in [0.29, 0.717) is 0 Å². The van der Waals surface area contributed by atoms with Gasteiger partial charge in [0.2, 0.25) is 0 Å². The molecule has 0 aliphatic heterocycles. The number of aliphatic carboxylic acids is 5. The monoisotopic (exact) mass is 344 g/mol. The zero-order valence-electron chi connectivity index (χ0n) is 13.8. The van der Waals surface area contributed by atoms with Crippen LogP contribution in [0.1, 0.15) is 41.5 Å². The van der Waals surface area contributed by atoms with Gasteiger partial charge in [0.25, 0.3) is 29.8 Å². The molecule has 0 radical (unpaired) electrons. The van der Waals surface area contributed by atoms with Crippen LogP contribution in [0.4, 0.5) is 0 Å². The van der Waals surface area contributed by atoms with Gasteiger partial charge in [-0.05, 0) is 6.92 Å². The summed E-state index contributed by atoms with van der Waals surface area (Å²) in [6.45, 7) is 6.86. The first-order valence-corrected chi connectivity index (χ1v) is 5.45. The fraction of sp³-hybridized carbons (Fsp3) is 0.500. The SMILES string of the molecule is CC(=O)O.CC(=O)O.CC(=O)O.CC(=O)O.CC(=O)O.CC=O. The second kappa shape index (κ2) is 36.4. The van der Waals surface area contributed by atoms with Crippen molar-refractivity contribution in [2.24, 2.45) is 0 Å². The van der Waals surface area contributed by atoms with Crippen LogP contribution < -0.4 is 0 Å². The Morgan fingerprint density at radius 1 is 0.522 bits per heavy atom. The number of carboxylic acids is 5. The Balaban J connectivity index is -0.0000000378. The molecule has 138 valence electrons. The van der Waals surface area contributed by atoms with Gasteiger partial charge in [0.05, 0.1) is 0 Å². The molecule has 23 heavy (non-hydrogen) atoms. The fourth-order valence-corrected chi connectivity index (χ4v) is 0. The van der Waals surface area contributed by atoms with E-state index in [0.717, 1.165) is 40.9 Å². The molecule has 11 nitrogen and oxygen atoms in total. The van der Waals surface area contributed by atoms with Crippen molar-refractivity contribution in [2.75, 3.05) is 0 Å². The molecule has 11 heteroatoms. The number of hydrogen-bond acceptors (Lipinski definition) is 6. The zero-order chi connectivity index (χ0) is 20.6. The molecule has 0 rings (SSSR count). The topological polar surface area (TPSA) is 204 Å². The minimum absolute atomic E-state index is 0.750. The maximum Gasteiger partial charge on any atom is 0.300 e. The summed E-state index contributed by atoms with van der Waals surface area (Å²) in [6.07, 6.45) is 0.750. The zero-order valence-corrected chi connectivity index (χ0v) is 13.8. The molecular weight excluding hydrogens is 320 g/mol. The Morgan fingerprint density at radius 2 is 0.522 bits per heavy atom. The van der Waals surface area contributed by atoms with Crippen molar-refractivity contribution in [1.82, 2.24) is 0 Å². The van der Waals surface area contributed by atoms with E-state index in [1.165, 1.54) is 6.92 Å². The van der Waals surface area contributed by atoms with Gasteiger partial charge in [-0.15, -0.1) is 0 Å². The van der Waals surface area contributed by atoms with Gasteiger partial charge >= 0.3 is 0 Å². The summed E-state index contributed by atoms with van der Waals surface area (Å²) in [6, 6.07) is 0. The third-order valence-electron chi connectivity index (χ3n) is 0. The van der Waals surface area contributed by atoms with Gasteiger partial charge in [0.15, 0.2) is 0 Å². The van der Waals surface area contributed by atoms with Crippen LogP contribution in [0.15, 0.2) is 0 Å². The van der Waals surface area contributed by atoms with Crippen molar-refractivity contribution in [1.29, 1.82) is 0 Å². The summed E-state index contributed by atoms with van der Waals surface area (Å²) in [4.78, 5) is 53.8. The third kappa shape index (κ3) is 620. The normalized spacial score (nSPS) is 6.00. The van der Waals surface area contributed by atoms with E-state index in [1.807, 2.05) is 0 Å². The molecule has 0 aliphatic rings. The standard InChI is InChI=1S/5C2H4O2.C2H4O/c5*1-2(3)4;1-2-3/h5*1H3,(H,3,4);2H,1H3. The lowest BCUT2D eigenvalue weighted by Crippen LogP contribution is -1.78. The molecule has 0 aliphatic carbocycles. The van der Waals surface area contributed by atoms with E-state index in [1.54, 1.807) is 0 Å². The molecule has 0 unspecified atom stereocenters. The van der Waals surface area contributed by atoms with Crippen LogP contribution >= 0.6 is 0 Å². The van der Waals surface area contributed by atoms with Crippen LogP contribution in [-0.2, 0) is 28.8 Å². The van der Waals surface area contributed by atoms with Crippen molar-refractivity contribution in [2.45, 2.75) is 41.5 Å². The number of rotatable bonds is 0. The summed E-state index contributed by atoms with van der Waals surface area (Å²) in [7, 11) is 0. The van der Waals surface area contributed by atoms with E-state index in [4.69, 9.17) is 54.3 Å². The van der Waals surface area contributed by atoms with E-state index < -0.39 is 29.8 Å². The predicted molar refractivity (Wildman–Crippen MR) is 78.3 cm³/mol. The van der Waals surface area contributed by atoms with Crippen molar-refractivity contribution < 1.29 is 54.3 Å². The van der Waals surface area contributed by atoms with Crippen LogP contribution in [0.2, 0.25) is 0 Å². The highest BCUT2D eigenvalue weighted by molar-refractivity contribution is 5.63. The molecular formula is C12H24O11. The van der Waals surface area contributed by atoms with E-state index in [-0.39, 0.29) is 0 Å². The van der Waals surface area contributed by atoms with Crippen molar-refractivity contribution in [3.05, 3.63) is 0 Å². The van der Waals surface area contributed by atoms with E-state index >= 15 is 0 Å². The minimum atomic E-state index is -0.833. The van der Waals surface area contributed by atoms with Crippen molar-refractivity contribution in [3.8, 4) is 0 Å². The third-order valence-corrected chi connectivity index (χ3v) is 0. The minimum Gasteiger partial charge on any atom is -0.481 e. The first kappa shape index (κ1) is 36.8. The number of carbonyl (C=O) groups is 6. The van der Waals surface area contributed by atoms with Gasteiger partial charge in [0.1, 0.15) is 6.29 Å². The Kier molecular flexibility index (Phi) is 58.4. The average molecular weight is 344 g/mol. The summed E-state index contributed by atoms with van der Waals surface area (Å²) in [5.74, 6) is -4.17. The Hall–Kier alpha value is -2.98. The molecule has 0 atom stereocenters. The van der Waals surface area contributed by atoms with Gasteiger partial charge in [0, 0.05) is 34.6 Å². The Morgan fingerprint density at radius 3 is 0.522 bits per heavy atom. The molecule has 0 spiro atoms. The lowest BCUT2D eigenvalue weighted by molar-refractivity contribution is -0.135. The molecule has 0 aromatic carbocycles. The van der Waals surface area contributed by atoms with Gasteiger partial charge in [-0.3, -0.25) is 24.0 Å². The molecule has 0 bridgehead atoms. The molecule has 0 fully saturated rings.